The van der Waals surface area contributed by atoms with Crippen LogP contribution in [0.25, 0.3) is 22.0 Å². The fourth-order valence-electron chi connectivity index (χ4n) is 3.12. The van der Waals surface area contributed by atoms with Gasteiger partial charge in [0.2, 0.25) is 0 Å². The van der Waals surface area contributed by atoms with Gasteiger partial charge < -0.3 is 9.67 Å². The molecule has 0 atom stereocenters. The number of aliphatic hydroxyl groups excluding tert-OH is 1. The Bertz CT molecular complexity index is 980. The van der Waals surface area contributed by atoms with E-state index < -0.39 is 0 Å². The number of aliphatic hydroxyl groups is 1. The molecule has 120 valence electrons. The SMILES string of the molecule is Cn1cc(-c2ccc(Cn3cc(CO)cn3)cc2)c2ccccc21. The van der Waals surface area contributed by atoms with Gasteiger partial charge in [0.15, 0.2) is 0 Å². The largest absolute Gasteiger partial charge is 0.392 e. The van der Waals surface area contributed by atoms with E-state index in [9.17, 15) is 0 Å². The molecule has 4 aromatic rings. The van der Waals surface area contributed by atoms with Crippen molar-refractivity contribution in [2.75, 3.05) is 0 Å². The lowest BCUT2D eigenvalue weighted by Gasteiger charge is -2.04. The molecule has 0 amide bonds. The van der Waals surface area contributed by atoms with Crippen LogP contribution in [0.15, 0.2) is 67.1 Å². The van der Waals surface area contributed by atoms with Crippen molar-refractivity contribution in [3.05, 3.63) is 78.2 Å². The fourth-order valence-corrected chi connectivity index (χ4v) is 3.12. The van der Waals surface area contributed by atoms with Crippen LogP contribution in [0.3, 0.4) is 0 Å². The van der Waals surface area contributed by atoms with Gasteiger partial charge in [0.25, 0.3) is 0 Å². The third-order valence-electron chi connectivity index (χ3n) is 4.38. The van der Waals surface area contributed by atoms with Crippen molar-refractivity contribution in [3.8, 4) is 11.1 Å². The Hall–Kier alpha value is -2.85. The summed E-state index contributed by atoms with van der Waals surface area (Å²) in [7, 11) is 2.08. The Morgan fingerprint density at radius 1 is 0.958 bits per heavy atom. The molecule has 0 aliphatic heterocycles. The van der Waals surface area contributed by atoms with Crippen molar-refractivity contribution in [1.29, 1.82) is 0 Å². The summed E-state index contributed by atoms with van der Waals surface area (Å²) in [6, 6.07) is 17.1. The molecule has 4 nitrogen and oxygen atoms in total. The van der Waals surface area contributed by atoms with Gasteiger partial charge in [-0.1, -0.05) is 42.5 Å². The number of hydrogen-bond acceptors (Lipinski definition) is 2. The van der Waals surface area contributed by atoms with Crippen LogP contribution in [0.1, 0.15) is 11.1 Å². The second-order valence-electron chi connectivity index (χ2n) is 6.07. The van der Waals surface area contributed by atoms with Crippen molar-refractivity contribution in [2.24, 2.45) is 7.05 Å². The maximum absolute atomic E-state index is 9.11. The summed E-state index contributed by atoms with van der Waals surface area (Å²) in [5, 5.41) is 14.6. The zero-order valence-electron chi connectivity index (χ0n) is 13.6. The summed E-state index contributed by atoms with van der Waals surface area (Å²) in [5.74, 6) is 0. The van der Waals surface area contributed by atoms with Gasteiger partial charge in [0.05, 0.1) is 19.3 Å². The second kappa shape index (κ2) is 5.98. The Morgan fingerprint density at radius 2 is 1.75 bits per heavy atom. The summed E-state index contributed by atoms with van der Waals surface area (Å²) in [5.41, 5.74) is 5.73. The molecular weight excluding hydrogens is 298 g/mol. The summed E-state index contributed by atoms with van der Waals surface area (Å²) in [6.45, 7) is 0.732. The van der Waals surface area contributed by atoms with Crippen LogP contribution < -0.4 is 0 Å². The summed E-state index contributed by atoms with van der Waals surface area (Å²) >= 11 is 0. The van der Waals surface area contributed by atoms with E-state index in [4.69, 9.17) is 5.11 Å². The molecular formula is C20H19N3O. The lowest BCUT2D eigenvalue weighted by molar-refractivity contribution is 0.281. The molecule has 24 heavy (non-hydrogen) atoms. The number of aryl methyl sites for hydroxylation is 1. The van der Waals surface area contributed by atoms with Gasteiger partial charge in [-0.25, -0.2) is 0 Å². The minimum absolute atomic E-state index is 0.0278. The third-order valence-corrected chi connectivity index (χ3v) is 4.38. The van der Waals surface area contributed by atoms with Crippen LogP contribution in [-0.4, -0.2) is 19.5 Å². The number of para-hydroxylation sites is 1. The van der Waals surface area contributed by atoms with Crippen LogP contribution in [0.5, 0.6) is 0 Å². The first-order valence-electron chi connectivity index (χ1n) is 8.00. The maximum atomic E-state index is 9.11. The molecule has 2 aromatic heterocycles. The number of fused-ring (bicyclic) bond motifs is 1. The van der Waals surface area contributed by atoms with E-state index in [1.165, 1.54) is 27.6 Å². The van der Waals surface area contributed by atoms with Crippen molar-refractivity contribution < 1.29 is 5.11 Å². The number of benzene rings is 2. The number of nitrogens with zero attached hydrogens (tertiary/aromatic N) is 3. The van der Waals surface area contributed by atoms with Crippen LogP contribution >= 0.6 is 0 Å². The minimum atomic E-state index is 0.0278. The molecule has 0 fully saturated rings. The van der Waals surface area contributed by atoms with Crippen LogP contribution in [-0.2, 0) is 20.2 Å². The Labute approximate surface area is 140 Å². The summed E-state index contributed by atoms with van der Waals surface area (Å²) in [6.07, 6.45) is 5.75. The molecule has 0 aliphatic rings. The van der Waals surface area contributed by atoms with Crippen molar-refractivity contribution in [2.45, 2.75) is 13.2 Å². The average Bonchev–Trinajstić information content (AvgIpc) is 3.21. The highest BCUT2D eigenvalue weighted by atomic mass is 16.3. The highest BCUT2D eigenvalue weighted by Crippen LogP contribution is 2.30. The molecule has 0 saturated heterocycles. The molecule has 0 bridgehead atoms. The lowest BCUT2D eigenvalue weighted by Crippen LogP contribution is -1.99. The van der Waals surface area contributed by atoms with Crippen LogP contribution in [0.2, 0.25) is 0 Å². The van der Waals surface area contributed by atoms with E-state index in [1.54, 1.807) is 6.20 Å². The van der Waals surface area contributed by atoms with E-state index in [0.29, 0.717) is 6.54 Å². The van der Waals surface area contributed by atoms with Gasteiger partial charge >= 0.3 is 0 Å². The topological polar surface area (TPSA) is 43.0 Å². The highest BCUT2D eigenvalue weighted by Gasteiger charge is 2.08. The monoisotopic (exact) mass is 317 g/mol. The van der Waals surface area contributed by atoms with Crippen molar-refractivity contribution in [3.63, 3.8) is 0 Å². The normalized spacial score (nSPS) is 11.2. The molecule has 0 spiro atoms. The smallest absolute Gasteiger partial charge is 0.0712 e. The Balaban J connectivity index is 1.63. The van der Waals surface area contributed by atoms with Crippen LogP contribution in [0, 0.1) is 0 Å². The Morgan fingerprint density at radius 3 is 2.50 bits per heavy atom. The van der Waals surface area contributed by atoms with Crippen LogP contribution in [0.4, 0.5) is 0 Å². The summed E-state index contributed by atoms with van der Waals surface area (Å²) < 4.78 is 4.01. The quantitative estimate of drug-likeness (QED) is 0.625. The first-order valence-corrected chi connectivity index (χ1v) is 8.00. The van der Waals surface area contributed by atoms with E-state index in [0.717, 1.165) is 5.56 Å². The predicted molar refractivity (Wildman–Crippen MR) is 95.6 cm³/mol. The van der Waals surface area contributed by atoms with Gasteiger partial charge in [-0.3, -0.25) is 4.68 Å². The van der Waals surface area contributed by atoms with E-state index in [-0.39, 0.29) is 6.61 Å². The average molecular weight is 317 g/mol. The molecule has 0 radical (unpaired) electrons. The minimum Gasteiger partial charge on any atom is -0.392 e. The molecule has 4 rings (SSSR count). The van der Waals surface area contributed by atoms with Crippen molar-refractivity contribution >= 4 is 10.9 Å². The zero-order chi connectivity index (χ0) is 16.5. The first-order chi connectivity index (χ1) is 11.7. The van der Waals surface area contributed by atoms with Crippen molar-refractivity contribution in [1.82, 2.24) is 14.3 Å². The molecule has 2 aromatic carbocycles. The van der Waals surface area contributed by atoms with E-state index in [2.05, 4.69) is 71.4 Å². The maximum Gasteiger partial charge on any atom is 0.0712 e. The molecule has 0 aliphatic carbocycles. The lowest BCUT2D eigenvalue weighted by atomic mass is 10.0. The third kappa shape index (κ3) is 2.61. The molecule has 0 saturated carbocycles. The second-order valence-corrected chi connectivity index (χ2v) is 6.07. The van der Waals surface area contributed by atoms with E-state index in [1.807, 2.05) is 10.9 Å². The zero-order valence-corrected chi connectivity index (χ0v) is 13.6. The predicted octanol–water partition coefficient (Wildman–Crippen LogP) is 3.58. The van der Waals surface area contributed by atoms with Gasteiger partial charge in [-0.2, -0.15) is 5.10 Å². The highest BCUT2D eigenvalue weighted by molar-refractivity contribution is 5.96. The molecule has 4 heteroatoms. The first kappa shape index (κ1) is 14.7. The number of hydrogen-bond donors (Lipinski definition) is 1. The van der Waals surface area contributed by atoms with Gasteiger partial charge in [-0.15, -0.1) is 0 Å². The molecule has 1 N–H and O–H groups in total. The number of rotatable bonds is 4. The van der Waals surface area contributed by atoms with Gasteiger partial charge in [0, 0.05) is 41.5 Å². The van der Waals surface area contributed by atoms with Gasteiger partial charge in [-0.05, 0) is 17.2 Å². The molecule has 0 unspecified atom stereocenters. The summed E-state index contributed by atoms with van der Waals surface area (Å²) in [4.78, 5) is 0. The Kier molecular flexibility index (Phi) is 3.67. The molecule has 2 heterocycles. The fraction of sp³-hybridized carbons (Fsp3) is 0.150. The standard InChI is InChI=1S/C20H19N3O/c1-22-13-19(18-4-2-3-5-20(18)22)17-8-6-15(7-9-17)11-23-12-16(14-24)10-21-23/h2-10,12-13,24H,11,14H2,1H3. The number of aromatic nitrogens is 3. The van der Waals surface area contributed by atoms with Gasteiger partial charge in [0.1, 0.15) is 0 Å². The van der Waals surface area contributed by atoms with E-state index >= 15 is 0 Å².